The number of hydrogen-bond donors (Lipinski definition) is 3. The molecule has 0 aliphatic carbocycles. The van der Waals surface area contributed by atoms with Gasteiger partial charge in [0.2, 0.25) is 0 Å². The molecule has 184 valence electrons. The maximum absolute atomic E-state index is 9.89. The van der Waals surface area contributed by atoms with Gasteiger partial charge in [-0.05, 0) is 19.3 Å². The number of aliphatic hydroxyl groups is 3. The van der Waals surface area contributed by atoms with E-state index in [9.17, 15) is 10.2 Å². The van der Waals surface area contributed by atoms with Crippen molar-refractivity contribution < 1.29 is 24.8 Å². The topological polar surface area (TPSA) is 79.2 Å². The van der Waals surface area contributed by atoms with Crippen molar-refractivity contribution in [2.24, 2.45) is 0 Å². The Balaban J connectivity index is 1.84. The molecule has 3 N–H and O–H groups in total. The Kier molecular flexibility index (Phi) is 18.6. The lowest BCUT2D eigenvalue weighted by Crippen LogP contribution is -2.42. The standard InChI is InChI=1S/C26H50O5/c1-2-3-4-5-6-7-8-9-10-11-12-13-14-15-16-17-18-19-20-30-26-24(29)22-31-25(26)23(28)21-27/h17-18,23-29H,2-16,19-22H2,1H3/b18-17+/t23-,24+,25+,26+/m1/s1. The summed E-state index contributed by atoms with van der Waals surface area (Å²) in [5.74, 6) is 0. The molecule has 0 unspecified atom stereocenters. The van der Waals surface area contributed by atoms with Crippen LogP contribution < -0.4 is 0 Å². The van der Waals surface area contributed by atoms with Gasteiger partial charge >= 0.3 is 0 Å². The Labute approximate surface area is 191 Å². The quantitative estimate of drug-likeness (QED) is 0.166. The minimum absolute atomic E-state index is 0.140. The summed E-state index contributed by atoms with van der Waals surface area (Å²) < 4.78 is 11.0. The van der Waals surface area contributed by atoms with E-state index in [0.29, 0.717) is 6.61 Å². The van der Waals surface area contributed by atoms with Gasteiger partial charge in [0.05, 0.1) is 19.8 Å². The fourth-order valence-electron chi connectivity index (χ4n) is 4.22. The zero-order chi connectivity index (χ0) is 22.6. The predicted octanol–water partition coefficient (Wildman–Crippen LogP) is 5.30. The first-order chi connectivity index (χ1) is 15.2. The number of hydrogen-bond acceptors (Lipinski definition) is 5. The average molecular weight is 443 g/mol. The number of aliphatic hydroxyl groups excluding tert-OH is 3. The molecule has 1 saturated heterocycles. The fourth-order valence-corrected chi connectivity index (χ4v) is 4.22. The fraction of sp³-hybridized carbons (Fsp3) is 0.923. The first-order valence-electron chi connectivity index (χ1n) is 13.1. The molecule has 0 aromatic rings. The van der Waals surface area contributed by atoms with Crippen molar-refractivity contribution in [3.63, 3.8) is 0 Å². The Morgan fingerprint density at radius 3 is 1.90 bits per heavy atom. The van der Waals surface area contributed by atoms with Crippen LogP contribution in [0, 0.1) is 0 Å². The van der Waals surface area contributed by atoms with Crippen LogP contribution in [0.25, 0.3) is 0 Å². The Bertz CT molecular complexity index is 415. The van der Waals surface area contributed by atoms with Crippen molar-refractivity contribution >= 4 is 0 Å². The van der Waals surface area contributed by atoms with E-state index in [-0.39, 0.29) is 6.61 Å². The Morgan fingerprint density at radius 2 is 1.35 bits per heavy atom. The van der Waals surface area contributed by atoms with Gasteiger partial charge in [-0.1, -0.05) is 103 Å². The molecule has 1 fully saturated rings. The number of rotatable bonds is 21. The Hall–Kier alpha value is -0.460. The molecule has 0 saturated carbocycles. The highest BCUT2D eigenvalue weighted by molar-refractivity contribution is 4.89. The van der Waals surface area contributed by atoms with Gasteiger partial charge in [-0.2, -0.15) is 0 Å². The second-order valence-electron chi connectivity index (χ2n) is 9.10. The molecule has 5 heteroatoms. The van der Waals surface area contributed by atoms with Crippen molar-refractivity contribution in [1.82, 2.24) is 0 Å². The normalized spacial score (nSPS) is 22.5. The summed E-state index contributed by atoms with van der Waals surface area (Å²) in [4.78, 5) is 0. The maximum atomic E-state index is 9.89. The van der Waals surface area contributed by atoms with Crippen molar-refractivity contribution in [3.05, 3.63) is 12.2 Å². The molecule has 0 amide bonds. The van der Waals surface area contributed by atoms with Gasteiger partial charge in [-0.15, -0.1) is 0 Å². The van der Waals surface area contributed by atoms with Crippen molar-refractivity contribution in [3.8, 4) is 0 Å². The first-order valence-corrected chi connectivity index (χ1v) is 13.1. The SMILES string of the molecule is CCCCCCCCCCCCCCCC/C=C/CCO[C@@H]1[C@H]([C@H](O)CO)OC[C@@H]1O. The molecule has 1 aliphatic rings. The van der Waals surface area contributed by atoms with Crippen LogP contribution in [0.15, 0.2) is 12.2 Å². The lowest BCUT2D eigenvalue weighted by molar-refractivity contribution is -0.0924. The molecule has 1 rings (SSSR count). The smallest absolute Gasteiger partial charge is 0.114 e. The molecule has 1 heterocycles. The molecular formula is C26H50O5. The van der Waals surface area contributed by atoms with Gasteiger partial charge in [0.15, 0.2) is 0 Å². The van der Waals surface area contributed by atoms with E-state index in [1.807, 2.05) is 0 Å². The van der Waals surface area contributed by atoms with Gasteiger partial charge in [-0.25, -0.2) is 0 Å². The summed E-state index contributed by atoms with van der Waals surface area (Å²) in [6, 6.07) is 0. The molecule has 0 bridgehead atoms. The van der Waals surface area contributed by atoms with Crippen LogP contribution in [0.5, 0.6) is 0 Å². The van der Waals surface area contributed by atoms with Gasteiger partial charge in [-0.3, -0.25) is 0 Å². The third-order valence-electron chi connectivity index (χ3n) is 6.21. The number of unbranched alkanes of at least 4 members (excludes halogenated alkanes) is 14. The van der Waals surface area contributed by atoms with E-state index in [4.69, 9.17) is 14.6 Å². The van der Waals surface area contributed by atoms with Crippen molar-refractivity contribution in [1.29, 1.82) is 0 Å². The van der Waals surface area contributed by atoms with E-state index >= 15 is 0 Å². The molecular weight excluding hydrogens is 392 g/mol. The predicted molar refractivity (Wildman–Crippen MR) is 127 cm³/mol. The highest BCUT2D eigenvalue weighted by Crippen LogP contribution is 2.21. The van der Waals surface area contributed by atoms with Crippen LogP contribution in [-0.2, 0) is 9.47 Å². The molecule has 0 aromatic carbocycles. The molecule has 0 aromatic heterocycles. The Morgan fingerprint density at radius 1 is 0.839 bits per heavy atom. The highest BCUT2D eigenvalue weighted by atomic mass is 16.6. The van der Waals surface area contributed by atoms with Gasteiger partial charge in [0.1, 0.15) is 24.4 Å². The van der Waals surface area contributed by atoms with E-state index in [1.54, 1.807) is 0 Å². The maximum Gasteiger partial charge on any atom is 0.114 e. The van der Waals surface area contributed by atoms with Crippen LogP contribution in [0.1, 0.15) is 110 Å². The summed E-state index contributed by atoms with van der Waals surface area (Å²) in [5.41, 5.74) is 0. The summed E-state index contributed by atoms with van der Waals surface area (Å²) in [6.45, 7) is 2.51. The van der Waals surface area contributed by atoms with E-state index in [0.717, 1.165) is 12.8 Å². The van der Waals surface area contributed by atoms with Crippen LogP contribution >= 0.6 is 0 Å². The third kappa shape index (κ3) is 14.3. The van der Waals surface area contributed by atoms with Crippen molar-refractivity contribution in [2.75, 3.05) is 19.8 Å². The van der Waals surface area contributed by atoms with Gasteiger partial charge < -0.3 is 24.8 Å². The molecule has 0 spiro atoms. The van der Waals surface area contributed by atoms with E-state index < -0.39 is 31.0 Å². The zero-order valence-corrected chi connectivity index (χ0v) is 20.1. The van der Waals surface area contributed by atoms with Crippen LogP contribution in [0.3, 0.4) is 0 Å². The lowest BCUT2D eigenvalue weighted by atomic mass is 10.0. The monoisotopic (exact) mass is 442 g/mol. The molecule has 4 atom stereocenters. The van der Waals surface area contributed by atoms with E-state index in [1.165, 1.54) is 89.9 Å². The minimum atomic E-state index is -1.02. The van der Waals surface area contributed by atoms with E-state index in [2.05, 4.69) is 19.1 Å². The van der Waals surface area contributed by atoms with Crippen molar-refractivity contribution in [2.45, 2.75) is 134 Å². The summed E-state index contributed by atoms with van der Waals surface area (Å²) in [6.07, 6.45) is 22.7. The number of ether oxygens (including phenoxy) is 2. The summed E-state index contributed by atoms with van der Waals surface area (Å²) in [5, 5.41) is 28.7. The summed E-state index contributed by atoms with van der Waals surface area (Å²) >= 11 is 0. The first kappa shape index (κ1) is 28.6. The van der Waals surface area contributed by atoms with Crippen LogP contribution in [0.2, 0.25) is 0 Å². The van der Waals surface area contributed by atoms with Gasteiger partial charge in [0.25, 0.3) is 0 Å². The highest BCUT2D eigenvalue weighted by Gasteiger charge is 2.40. The van der Waals surface area contributed by atoms with Crippen LogP contribution in [0.4, 0.5) is 0 Å². The molecule has 5 nitrogen and oxygen atoms in total. The molecule has 31 heavy (non-hydrogen) atoms. The minimum Gasteiger partial charge on any atom is -0.394 e. The average Bonchev–Trinajstić information content (AvgIpc) is 3.15. The largest absolute Gasteiger partial charge is 0.394 e. The summed E-state index contributed by atoms with van der Waals surface area (Å²) in [7, 11) is 0. The lowest BCUT2D eigenvalue weighted by Gasteiger charge is -2.23. The number of allylic oxidation sites excluding steroid dienone is 1. The third-order valence-corrected chi connectivity index (χ3v) is 6.21. The molecule has 0 radical (unpaired) electrons. The zero-order valence-electron chi connectivity index (χ0n) is 20.1. The molecule has 1 aliphatic heterocycles. The van der Waals surface area contributed by atoms with Crippen LogP contribution in [-0.4, -0.2) is 59.6 Å². The second-order valence-corrected chi connectivity index (χ2v) is 9.10. The van der Waals surface area contributed by atoms with Gasteiger partial charge in [0, 0.05) is 0 Å². The second kappa shape index (κ2) is 20.2.